The third-order valence-corrected chi connectivity index (χ3v) is 2.92. The summed E-state index contributed by atoms with van der Waals surface area (Å²) in [6.45, 7) is 0.627. The first-order valence-electron chi connectivity index (χ1n) is 5.92. The van der Waals surface area contributed by atoms with Crippen LogP contribution in [-0.2, 0) is 0 Å². The summed E-state index contributed by atoms with van der Waals surface area (Å²) < 4.78 is 0. The van der Waals surface area contributed by atoms with Gasteiger partial charge in [0.15, 0.2) is 0 Å². The van der Waals surface area contributed by atoms with E-state index in [9.17, 15) is 0 Å². The molecule has 0 radical (unpaired) electrons. The Balaban J connectivity index is 0.00000162. The highest BCUT2D eigenvalue weighted by molar-refractivity contribution is 5.85. The van der Waals surface area contributed by atoms with Gasteiger partial charge in [-0.1, -0.05) is 54.6 Å². The van der Waals surface area contributed by atoms with Crippen LogP contribution in [0.15, 0.2) is 54.6 Å². The molecule has 0 amide bonds. The van der Waals surface area contributed by atoms with E-state index in [0.29, 0.717) is 6.54 Å². The average Bonchev–Trinajstić information content (AvgIpc) is 2.40. The molecule has 2 aromatic carbocycles. The number of benzene rings is 2. The standard InChI is InChI=1S/C15H18N2.ClH/c16-11-10-15(17)14-8-6-13(7-9-14)12-4-2-1-3-5-12;/h1-9,15H,10-11,16-17H2;1H/t15-;/m1./s1. The SMILES string of the molecule is Cl.NCC[C@@H](N)c1ccc(-c2ccccc2)cc1. The summed E-state index contributed by atoms with van der Waals surface area (Å²) >= 11 is 0. The summed E-state index contributed by atoms with van der Waals surface area (Å²) in [5.41, 5.74) is 15.1. The largest absolute Gasteiger partial charge is 0.330 e. The van der Waals surface area contributed by atoms with Crippen LogP contribution in [0.1, 0.15) is 18.0 Å². The molecule has 96 valence electrons. The van der Waals surface area contributed by atoms with Crippen molar-refractivity contribution in [2.45, 2.75) is 12.5 Å². The second kappa shape index (κ2) is 7.17. The molecule has 0 saturated heterocycles. The maximum absolute atomic E-state index is 6.01. The Morgan fingerprint density at radius 1 is 0.833 bits per heavy atom. The van der Waals surface area contributed by atoms with Crippen LogP contribution in [0.5, 0.6) is 0 Å². The third kappa shape index (κ3) is 3.57. The van der Waals surface area contributed by atoms with E-state index in [4.69, 9.17) is 11.5 Å². The molecule has 0 aliphatic rings. The van der Waals surface area contributed by atoms with E-state index in [0.717, 1.165) is 12.0 Å². The number of hydrogen-bond donors (Lipinski definition) is 2. The Kier molecular flexibility index (Phi) is 5.86. The molecule has 0 aromatic heterocycles. The Hall–Kier alpha value is -1.35. The predicted molar refractivity (Wildman–Crippen MR) is 79.7 cm³/mol. The number of rotatable bonds is 4. The van der Waals surface area contributed by atoms with Gasteiger partial charge in [-0.3, -0.25) is 0 Å². The summed E-state index contributed by atoms with van der Waals surface area (Å²) in [4.78, 5) is 0. The minimum atomic E-state index is 0. The normalized spacial score (nSPS) is 11.7. The van der Waals surface area contributed by atoms with Crippen molar-refractivity contribution in [1.29, 1.82) is 0 Å². The topological polar surface area (TPSA) is 52.0 Å². The number of hydrogen-bond acceptors (Lipinski definition) is 2. The van der Waals surface area contributed by atoms with Crippen LogP contribution >= 0.6 is 12.4 Å². The first-order chi connectivity index (χ1) is 8.31. The monoisotopic (exact) mass is 262 g/mol. The van der Waals surface area contributed by atoms with E-state index < -0.39 is 0 Å². The molecule has 2 aromatic rings. The summed E-state index contributed by atoms with van der Waals surface area (Å²) in [5, 5.41) is 0. The lowest BCUT2D eigenvalue weighted by Crippen LogP contribution is -2.15. The molecule has 0 bridgehead atoms. The minimum absolute atomic E-state index is 0. The summed E-state index contributed by atoms with van der Waals surface area (Å²) in [7, 11) is 0. The van der Waals surface area contributed by atoms with Crippen molar-refractivity contribution in [2.24, 2.45) is 11.5 Å². The zero-order chi connectivity index (χ0) is 12.1. The molecule has 1 atom stereocenters. The lowest BCUT2D eigenvalue weighted by atomic mass is 10.00. The molecule has 0 heterocycles. The first-order valence-corrected chi connectivity index (χ1v) is 5.92. The van der Waals surface area contributed by atoms with Crippen molar-refractivity contribution in [2.75, 3.05) is 6.54 Å². The summed E-state index contributed by atoms with van der Waals surface area (Å²) in [6.07, 6.45) is 0.824. The average molecular weight is 263 g/mol. The van der Waals surface area contributed by atoms with E-state index in [1.54, 1.807) is 0 Å². The molecule has 2 nitrogen and oxygen atoms in total. The molecule has 0 unspecified atom stereocenters. The Labute approximate surface area is 114 Å². The maximum Gasteiger partial charge on any atom is 0.0306 e. The highest BCUT2D eigenvalue weighted by Crippen LogP contribution is 2.21. The summed E-state index contributed by atoms with van der Waals surface area (Å²) in [6, 6.07) is 18.8. The Morgan fingerprint density at radius 3 is 1.94 bits per heavy atom. The molecule has 18 heavy (non-hydrogen) atoms. The number of halogens is 1. The van der Waals surface area contributed by atoms with Gasteiger partial charge in [0, 0.05) is 6.04 Å². The Bertz CT molecular complexity index is 454. The van der Waals surface area contributed by atoms with Gasteiger partial charge in [-0.2, -0.15) is 0 Å². The van der Waals surface area contributed by atoms with Crippen LogP contribution in [0.4, 0.5) is 0 Å². The van der Waals surface area contributed by atoms with Crippen LogP contribution in [0.3, 0.4) is 0 Å². The molecule has 0 saturated carbocycles. The fourth-order valence-electron chi connectivity index (χ4n) is 1.90. The predicted octanol–water partition coefficient (Wildman–Crippen LogP) is 3.12. The zero-order valence-corrected chi connectivity index (χ0v) is 11.1. The van der Waals surface area contributed by atoms with Crippen LogP contribution in [0.2, 0.25) is 0 Å². The van der Waals surface area contributed by atoms with E-state index >= 15 is 0 Å². The minimum Gasteiger partial charge on any atom is -0.330 e. The van der Waals surface area contributed by atoms with Crippen molar-refractivity contribution in [1.82, 2.24) is 0 Å². The van der Waals surface area contributed by atoms with Gasteiger partial charge in [0.05, 0.1) is 0 Å². The molecular weight excluding hydrogens is 244 g/mol. The van der Waals surface area contributed by atoms with E-state index in [1.807, 2.05) is 18.2 Å². The van der Waals surface area contributed by atoms with Gasteiger partial charge in [-0.25, -0.2) is 0 Å². The molecule has 0 spiro atoms. The lowest BCUT2D eigenvalue weighted by Gasteiger charge is -2.11. The van der Waals surface area contributed by atoms with Crippen molar-refractivity contribution in [3.63, 3.8) is 0 Å². The molecule has 4 N–H and O–H groups in total. The van der Waals surface area contributed by atoms with Crippen molar-refractivity contribution < 1.29 is 0 Å². The van der Waals surface area contributed by atoms with Crippen molar-refractivity contribution in [3.05, 3.63) is 60.2 Å². The molecule has 3 heteroatoms. The van der Waals surface area contributed by atoms with Gasteiger partial charge < -0.3 is 11.5 Å². The van der Waals surface area contributed by atoms with Crippen LogP contribution in [0.25, 0.3) is 11.1 Å². The first kappa shape index (κ1) is 14.7. The van der Waals surface area contributed by atoms with Gasteiger partial charge in [-0.15, -0.1) is 12.4 Å². The molecule has 0 aliphatic carbocycles. The quantitative estimate of drug-likeness (QED) is 0.890. The van der Waals surface area contributed by atoms with Gasteiger partial charge in [0.1, 0.15) is 0 Å². The van der Waals surface area contributed by atoms with Crippen LogP contribution in [0, 0.1) is 0 Å². The second-order valence-corrected chi connectivity index (χ2v) is 4.17. The highest BCUT2D eigenvalue weighted by Gasteiger charge is 2.04. The van der Waals surface area contributed by atoms with Crippen LogP contribution in [-0.4, -0.2) is 6.54 Å². The molecule has 0 fully saturated rings. The third-order valence-electron chi connectivity index (χ3n) is 2.92. The number of nitrogens with two attached hydrogens (primary N) is 2. The molecule has 0 aliphatic heterocycles. The molecular formula is C15H19ClN2. The fraction of sp³-hybridized carbons (Fsp3) is 0.200. The van der Waals surface area contributed by atoms with Gasteiger partial charge in [-0.05, 0) is 29.7 Å². The van der Waals surface area contributed by atoms with Gasteiger partial charge in [0.25, 0.3) is 0 Å². The van der Waals surface area contributed by atoms with Crippen molar-refractivity contribution in [3.8, 4) is 11.1 Å². The lowest BCUT2D eigenvalue weighted by molar-refractivity contribution is 0.661. The molecule has 2 rings (SSSR count). The van der Waals surface area contributed by atoms with Gasteiger partial charge >= 0.3 is 0 Å². The summed E-state index contributed by atoms with van der Waals surface area (Å²) in [5.74, 6) is 0. The van der Waals surface area contributed by atoms with E-state index in [2.05, 4.69) is 36.4 Å². The highest BCUT2D eigenvalue weighted by atomic mass is 35.5. The Morgan fingerprint density at radius 2 is 1.39 bits per heavy atom. The fourth-order valence-corrected chi connectivity index (χ4v) is 1.90. The van der Waals surface area contributed by atoms with E-state index in [-0.39, 0.29) is 18.4 Å². The zero-order valence-electron chi connectivity index (χ0n) is 10.3. The smallest absolute Gasteiger partial charge is 0.0306 e. The van der Waals surface area contributed by atoms with Crippen LogP contribution < -0.4 is 11.5 Å². The second-order valence-electron chi connectivity index (χ2n) is 4.17. The van der Waals surface area contributed by atoms with Gasteiger partial charge in [0.2, 0.25) is 0 Å². The van der Waals surface area contributed by atoms with E-state index in [1.165, 1.54) is 11.1 Å². The van der Waals surface area contributed by atoms with Crippen molar-refractivity contribution >= 4 is 12.4 Å². The maximum atomic E-state index is 6.01.